The van der Waals surface area contributed by atoms with Crippen LogP contribution in [0.4, 0.5) is 0 Å². The van der Waals surface area contributed by atoms with Gasteiger partial charge in [-0.25, -0.2) is 8.42 Å². The monoisotopic (exact) mass is 496 g/mol. The Morgan fingerprint density at radius 3 is 2.37 bits per heavy atom. The zero-order valence-electron chi connectivity index (χ0n) is 17.0. The smallest absolute Gasteiger partial charge is 0.251 e. The first-order chi connectivity index (χ1) is 14.3. The number of halogens is 1. The standard InChI is InChI=1S/C21H25BrN2O5S/c1-28-19-12-16-8-10-24(14-17(16)13-20(19)29-2)30(26,27)11-3-9-23-21(25)15-4-6-18(22)7-5-15/h4-7,12-13H,3,8-11,14H2,1-2H3,(H,23,25). The van der Waals surface area contributed by atoms with Crippen LogP contribution in [0.3, 0.4) is 0 Å². The lowest BCUT2D eigenvalue weighted by Crippen LogP contribution is -2.38. The maximum absolute atomic E-state index is 12.8. The van der Waals surface area contributed by atoms with Gasteiger partial charge in [0.25, 0.3) is 5.91 Å². The number of rotatable bonds is 8. The first-order valence-corrected chi connectivity index (χ1v) is 12.0. The molecule has 1 amide bonds. The SMILES string of the molecule is COc1cc2c(cc1OC)CN(S(=O)(=O)CCCNC(=O)c1ccc(Br)cc1)CC2. The largest absolute Gasteiger partial charge is 0.493 e. The molecule has 0 saturated heterocycles. The van der Waals surface area contributed by atoms with Crippen LogP contribution < -0.4 is 14.8 Å². The van der Waals surface area contributed by atoms with Gasteiger partial charge in [0, 0.05) is 29.7 Å². The van der Waals surface area contributed by atoms with E-state index in [-0.39, 0.29) is 11.7 Å². The van der Waals surface area contributed by atoms with Crippen LogP contribution in [0.1, 0.15) is 27.9 Å². The molecule has 1 heterocycles. The summed E-state index contributed by atoms with van der Waals surface area (Å²) < 4.78 is 38.6. The third-order valence-corrected chi connectivity index (χ3v) is 7.48. The van der Waals surface area contributed by atoms with E-state index in [0.29, 0.717) is 49.5 Å². The molecule has 30 heavy (non-hydrogen) atoms. The lowest BCUT2D eigenvalue weighted by Gasteiger charge is -2.29. The van der Waals surface area contributed by atoms with Crippen molar-refractivity contribution < 1.29 is 22.7 Å². The molecule has 2 aromatic rings. The molecule has 3 rings (SSSR count). The molecular formula is C21H25BrN2O5S. The van der Waals surface area contributed by atoms with E-state index in [1.54, 1.807) is 38.5 Å². The number of ether oxygens (including phenoxy) is 2. The molecule has 1 N–H and O–H groups in total. The summed E-state index contributed by atoms with van der Waals surface area (Å²) >= 11 is 3.33. The number of fused-ring (bicyclic) bond motifs is 1. The van der Waals surface area contributed by atoms with Crippen LogP contribution in [0.5, 0.6) is 11.5 Å². The number of methoxy groups -OCH3 is 2. The van der Waals surface area contributed by atoms with Crippen molar-refractivity contribution in [2.45, 2.75) is 19.4 Å². The molecule has 0 saturated carbocycles. The third-order valence-electron chi connectivity index (χ3n) is 5.05. The quantitative estimate of drug-likeness (QED) is 0.567. The highest BCUT2D eigenvalue weighted by Crippen LogP contribution is 2.33. The number of carbonyl (C=O) groups excluding carboxylic acids is 1. The lowest BCUT2D eigenvalue weighted by atomic mass is 10.0. The number of sulfonamides is 1. The maximum Gasteiger partial charge on any atom is 0.251 e. The highest BCUT2D eigenvalue weighted by atomic mass is 79.9. The van der Waals surface area contributed by atoms with Crippen LogP contribution >= 0.6 is 15.9 Å². The van der Waals surface area contributed by atoms with Crippen LogP contribution in [0, 0.1) is 0 Å². The number of nitrogens with one attached hydrogen (secondary N) is 1. The molecule has 0 fully saturated rings. The molecule has 0 radical (unpaired) electrons. The fourth-order valence-corrected chi connectivity index (χ4v) is 5.12. The van der Waals surface area contributed by atoms with E-state index in [4.69, 9.17) is 9.47 Å². The van der Waals surface area contributed by atoms with E-state index in [1.807, 2.05) is 12.1 Å². The minimum Gasteiger partial charge on any atom is -0.493 e. The van der Waals surface area contributed by atoms with E-state index < -0.39 is 10.0 Å². The molecule has 0 unspecified atom stereocenters. The summed E-state index contributed by atoms with van der Waals surface area (Å²) in [6.45, 7) is 1.03. The van der Waals surface area contributed by atoms with Crippen molar-refractivity contribution in [1.82, 2.24) is 9.62 Å². The Balaban J connectivity index is 1.55. The van der Waals surface area contributed by atoms with Gasteiger partial charge in [0.05, 0.1) is 20.0 Å². The molecule has 1 aliphatic heterocycles. The van der Waals surface area contributed by atoms with Gasteiger partial charge < -0.3 is 14.8 Å². The molecule has 162 valence electrons. The summed E-state index contributed by atoms with van der Waals surface area (Å²) in [5, 5.41) is 2.77. The van der Waals surface area contributed by atoms with E-state index in [9.17, 15) is 13.2 Å². The van der Waals surface area contributed by atoms with Gasteiger partial charge in [-0.1, -0.05) is 15.9 Å². The molecule has 0 bridgehead atoms. The highest BCUT2D eigenvalue weighted by molar-refractivity contribution is 9.10. The second-order valence-corrected chi connectivity index (χ2v) is 10.00. The van der Waals surface area contributed by atoms with Gasteiger partial charge in [-0.05, 0) is 60.4 Å². The Bertz CT molecular complexity index is 1010. The Morgan fingerprint density at radius 2 is 1.73 bits per heavy atom. The van der Waals surface area contributed by atoms with Gasteiger partial charge in [-0.2, -0.15) is 4.31 Å². The zero-order valence-corrected chi connectivity index (χ0v) is 19.4. The van der Waals surface area contributed by atoms with Crippen molar-refractivity contribution in [3.63, 3.8) is 0 Å². The first kappa shape index (κ1) is 22.6. The fourth-order valence-electron chi connectivity index (χ4n) is 3.38. The Hall–Kier alpha value is -2.10. The maximum atomic E-state index is 12.8. The zero-order chi connectivity index (χ0) is 21.7. The van der Waals surface area contributed by atoms with E-state index >= 15 is 0 Å². The molecule has 0 aromatic heterocycles. The van der Waals surface area contributed by atoms with Gasteiger partial charge in [0.15, 0.2) is 11.5 Å². The number of nitrogens with zero attached hydrogens (tertiary/aromatic N) is 1. The van der Waals surface area contributed by atoms with Crippen LogP contribution in [0.2, 0.25) is 0 Å². The summed E-state index contributed by atoms with van der Waals surface area (Å²) in [4.78, 5) is 12.1. The first-order valence-electron chi connectivity index (χ1n) is 9.59. The number of amides is 1. The van der Waals surface area contributed by atoms with Crippen LogP contribution in [0.15, 0.2) is 40.9 Å². The van der Waals surface area contributed by atoms with E-state index in [0.717, 1.165) is 15.6 Å². The fraction of sp³-hybridized carbons (Fsp3) is 0.381. The molecule has 1 aliphatic rings. The molecule has 0 aliphatic carbocycles. The second kappa shape index (κ2) is 9.80. The summed E-state index contributed by atoms with van der Waals surface area (Å²) in [6.07, 6.45) is 0.967. The molecule has 0 spiro atoms. The minimum atomic E-state index is -3.43. The average molecular weight is 497 g/mol. The van der Waals surface area contributed by atoms with Crippen LogP contribution in [0.25, 0.3) is 0 Å². The summed E-state index contributed by atoms with van der Waals surface area (Å²) in [6, 6.07) is 10.8. The predicted octanol–water partition coefficient (Wildman–Crippen LogP) is 2.97. The number of hydrogen-bond acceptors (Lipinski definition) is 5. The average Bonchev–Trinajstić information content (AvgIpc) is 2.75. The second-order valence-electron chi connectivity index (χ2n) is 6.99. The van der Waals surface area contributed by atoms with Crippen LogP contribution in [-0.2, 0) is 23.0 Å². The summed E-state index contributed by atoms with van der Waals surface area (Å²) in [5.74, 6) is 1.00. The van der Waals surface area contributed by atoms with Crippen molar-refractivity contribution in [1.29, 1.82) is 0 Å². The Labute approximate surface area is 185 Å². The predicted molar refractivity (Wildman–Crippen MR) is 119 cm³/mol. The Morgan fingerprint density at radius 1 is 1.10 bits per heavy atom. The molecular weight excluding hydrogens is 472 g/mol. The van der Waals surface area contributed by atoms with E-state index in [2.05, 4.69) is 21.2 Å². The van der Waals surface area contributed by atoms with Crippen molar-refractivity contribution in [3.05, 3.63) is 57.6 Å². The van der Waals surface area contributed by atoms with Gasteiger partial charge in [-0.15, -0.1) is 0 Å². The minimum absolute atomic E-state index is 0.0176. The van der Waals surface area contributed by atoms with Gasteiger partial charge >= 0.3 is 0 Å². The van der Waals surface area contributed by atoms with Gasteiger partial charge in [0.2, 0.25) is 10.0 Å². The van der Waals surface area contributed by atoms with E-state index in [1.165, 1.54) is 4.31 Å². The lowest BCUT2D eigenvalue weighted by molar-refractivity contribution is 0.0953. The molecule has 7 nitrogen and oxygen atoms in total. The third kappa shape index (κ3) is 5.33. The molecule has 0 atom stereocenters. The van der Waals surface area contributed by atoms with Crippen molar-refractivity contribution in [2.75, 3.05) is 33.1 Å². The normalized spacial score (nSPS) is 14.1. The number of hydrogen-bond donors (Lipinski definition) is 1. The Kier molecular flexibility index (Phi) is 7.38. The summed E-state index contributed by atoms with van der Waals surface area (Å²) in [5.41, 5.74) is 2.53. The number of benzene rings is 2. The van der Waals surface area contributed by atoms with Crippen molar-refractivity contribution in [2.24, 2.45) is 0 Å². The number of carbonyl (C=O) groups is 1. The van der Waals surface area contributed by atoms with Gasteiger partial charge in [-0.3, -0.25) is 4.79 Å². The molecule has 9 heteroatoms. The van der Waals surface area contributed by atoms with Crippen molar-refractivity contribution >= 4 is 31.9 Å². The molecule has 2 aromatic carbocycles. The highest BCUT2D eigenvalue weighted by Gasteiger charge is 2.27. The van der Waals surface area contributed by atoms with Crippen LogP contribution in [-0.4, -0.2) is 51.7 Å². The van der Waals surface area contributed by atoms with Crippen molar-refractivity contribution in [3.8, 4) is 11.5 Å². The topological polar surface area (TPSA) is 84.9 Å². The summed E-state index contributed by atoms with van der Waals surface area (Å²) in [7, 11) is -0.283. The van der Waals surface area contributed by atoms with Gasteiger partial charge in [0.1, 0.15) is 0 Å².